The van der Waals surface area contributed by atoms with Crippen molar-refractivity contribution in [2.45, 2.75) is 19.9 Å². The van der Waals surface area contributed by atoms with Gasteiger partial charge in [-0.05, 0) is 54.4 Å². The lowest BCUT2D eigenvalue weighted by Gasteiger charge is -2.09. The van der Waals surface area contributed by atoms with Crippen LogP contribution in [0.1, 0.15) is 32.9 Å². The number of aromatic nitrogens is 4. The second-order valence-corrected chi connectivity index (χ2v) is 7.39. The van der Waals surface area contributed by atoms with Gasteiger partial charge in [-0.3, -0.25) is 9.78 Å². The molecular formula is C22H19ClN6O. The molecule has 0 saturated heterocycles. The number of hydrogen-bond donors (Lipinski definition) is 2. The number of carbonyl (C=O) groups is 1. The summed E-state index contributed by atoms with van der Waals surface area (Å²) in [5.41, 5.74) is 10.3. The number of pyridine rings is 2. The van der Waals surface area contributed by atoms with Gasteiger partial charge in [0.1, 0.15) is 5.82 Å². The number of nitrogens with zero attached hydrogens (tertiary/aromatic N) is 4. The van der Waals surface area contributed by atoms with Crippen molar-refractivity contribution in [2.24, 2.45) is 0 Å². The van der Waals surface area contributed by atoms with E-state index >= 15 is 0 Å². The third kappa shape index (κ3) is 4.52. The highest BCUT2D eigenvalue weighted by molar-refractivity contribution is 6.31. The summed E-state index contributed by atoms with van der Waals surface area (Å²) < 4.78 is 0. The van der Waals surface area contributed by atoms with E-state index in [9.17, 15) is 4.79 Å². The van der Waals surface area contributed by atoms with Gasteiger partial charge in [0.25, 0.3) is 5.91 Å². The molecule has 3 aromatic heterocycles. The normalized spacial score (nSPS) is 10.9. The Morgan fingerprint density at radius 1 is 1.13 bits per heavy atom. The molecule has 0 aliphatic heterocycles. The predicted octanol–water partition coefficient (Wildman–Crippen LogP) is 3.48. The molecule has 7 nitrogen and oxygen atoms in total. The largest absolute Gasteiger partial charge is 0.384 e. The standard InChI is InChI=1S/C22H19ClN6O/c1-13-15(2-5-21(24)28-13)11-26-22(30)17-9-19(29-27-12-17)7-14-6-16-8-18(23)3-4-20(16)25-10-14/h2-6,8-10,12H,7,11H2,1H3,(H2,24,28)(H,26,30). The van der Waals surface area contributed by atoms with Crippen molar-refractivity contribution < 1.29 is 4.79 Å². The van der Waals surface area contributed by atoms with Crippen LogP contribution in [0, 0.1) is 6.92 Å². The highest BCUT2D eigenvalue weighted by atomic mass is 35.5. The summed E-state index contributed by atoms with van der Waals surface area (Å²) in [6.07, 6.45) is 3.75. The number of rotatable bonds is 5. The van der Waals surface area contributed by atoms with Crippen LogP contribution >= 0.6 is 11.6 Å². The molecule has 1 aromatic carbocycles. The zero-order valence-electron chi connectivity index (χ0n) is 16.3. The summed E-state index contributed by atoms with van der Waals surface area (Å²) in [6, 6.07) is 12.9. The highest BCUT2D eigenvalue weighted by Gasteiger charge is 2.10. The molecule has 0 spiro atoms. The maximum Gasteiger partial charge on any atom is 0.253 e. The van der Waals surface area contributed by atoms with E-state index < -0.39 is 0 Å². The van der Waals surface area contributed by atoms with Crippen molar-refractivity contribution in [1.82, 2.24) is 25.5 Å². The molecule has 0 fully saturated rings. The summed E-state index contributed by atoms with van der Waals surface area (Å²) in [5.74, 6) is 0.224. The second kappa shape index (κ2) is 8.42. The van der Waals surface area contributed by atoms with Crippen molar-refractivity contribution in [3.05, 3.63) is 88.0 Å². The number of nitrogens with two attached hydrogens (primary N) is 1. The molecule has 3 heterocycles. The van der Waals surface area contributed by atoms with Gasteiger partial charge in [-0.25, -0.2) is 4.98 Å². The number of fused-ring (bicyclic) bond motifs is 1. The molecule has 0 radical (unpaired) electrons. The van der Waals surface area contributed by atoms with Crippen molar-refractivity contribution >= 4 is 34.2 Å². The van der Waals surface area contributed by atoms with E-state index in [-0.39, 0.29) is 5.91 Å². The third-order valence-corrected chi connectivity index (χ3v) is 4.94. The van der Waals surface area contributed by atoms with Crippen LogP contribution in [0.25, 0.3) is 10.9 Å². The lowest BCUT2D eigenvalue weighted by atomic mass is 10.1. The molecule has 0 aliphatic rings. The van der Waals surface area contributed by atoms with E-state index in [1.54, 1.807) is 18.3 Å². The lowest BCUT2D eigenvalue weighted by molar-refractivity contribution is 0.0950. The maximum absolute atomic E-state index is 12.6. The monoisotopic (exact) mass is 418 g/mol. The number of amides is 1. The number of halogens is 1. The van der Waals surface area contributed by atoms with E-state index in [0.29, 0.717) is 35.1 Å². The fourth-order valence-electron chi connectivity index (χ4n) is 3.15. The van der Waals surface area contributed by atoms with Crippen LogP contribution in [0.5, 0.6) is 0 Å². The number of benzene rings is 1. The van der Waals surface area contributed by atoms with E-state index in [4.69, 9.17) is 17.3 Å². The fraction of sp³-hybridized carbons (Fsp3) is 0.136. The number of nitrogen functional groups attached to an aromatic ring is 1. The Bertz CT molecular complexity index is 1240. The molecule has 1 amide bonds. The average molecular weight is 419 g/mol. The van der Waals surface area contributed by atoms with Gasteiger partial charge in [0.15, 0.2) is 0 Å². The molecule has 30 heavy (non-hydrogen) atoms. The van der Waals surface area contributed by atoms with Crippen LogP contribution in [-0.2, 0) is 13.0 Å². The van der Waals surface area contributed by atoms with Gasteiger partial charge in [0.05, 0.1) is 23.0 Å². The summed E-state index contributed by atoms with van der Waals surface area (Å²) in [7, 11) is 0. The first kappa shape index (κ1) is 19.7. The summed E-state index contributed by atoms with van der Waals surface area (Å²) in [6.45, 7) is 2.21. The Morgan fingerprint density at radius 3 is 2.83 bits per heavy atom. The summed E-state index contributed by atoms with van der Waals surface area (Å²) in [4.78, 5) is 21.2. The SMILES string of the molecule is Cc1nc(N)ccc1CNC(=O)c1cnnc(Cc2cnc3ccc(Cl)cc3c2)c1. The van der Waals surface area contributed by atoms with Gasteiger partial charge < -0.3 is 11.1 Å². The number of anilines is 1. The van der Waals surface area contributed by atoms with Crippen LogP contribution in [0.2, 0.25) is 5.02 Å². The topological polar surface area (TPSA) is 107 Å². The number of nitrogens with one attached hydrogen (secondary N) is 1. The first-order valence-electron chi connectivity index (χ1n) is 9.34. The van der Waals surface area contributed by atoms with Crippen LogP contribution in [0.4, 0.5) is 5.82 Å². The van der Waals surface area contributed by atoms with Crippen molar-refractivity contribution in [2.75, 3.05) is 5.73 Å². The fourth-order valence-corrected chi connectivity index (χ4v) is 3.33. The van der Waals surface area contributed by atoms with Crippen molar-refractivity contribution in [3.8, 4) is 0 Å². The molecule has 0 aliphatic carbocycles. The van der Waals surface area contributed by atoms with Crippen LogP contribution in [-0.4, -0.2) is 26.1 Å². The average Bonchev–Trinajstić information content (AvgIpc) is 2.73. The van der Waals surface area contributed by atoms with Gasteiger partial charge in [-0.15, -0.1) is 0 Å². The quantitative estimate of drug-likeness (QED) is 0.513. The van der Waals surface area contributed by atoms with Gasteiger partial charge >= 0.3 is 0 Å². The Hall–Kier alpha value is -3.58. The minimum absolute atomic E-state index is 0.231. The van der Waals surface area contributed by atoms with Crippen molar-refractivity contribution in [1.29, 1.82) is 0 Å². The minimum Gasteiger partial charge on any atom is -0.384 e. The van der Waals surface area contributed by atoms with Gasteiger partial charge in [-0.1, -0.05) is 17.7 Å². The summed E-state index contributed by atoms with van der Waals surface area (Å²) >= 11 is 6.07. The lowest BCUT2D eigenvalue weighted by Crippen LogP contribution is -2.24. The molecule has 0 unspecified atom stereocenters. The van der Waals surface area contributed by atoms with Gasteiger partial charge in [-0.2, -0.15) is 10.2 Å². The molecule has 150 valence electrons. The van der Waals surface area contributed by atoms with Crippen LogP contribution in [0.3, 0.4) is 0 Å². The molecule has 8 heteroatoms. The molecule has 3 N–H and O–H groups in total. The first-order chi connectivity index (χ1) is 14.5. The molecule has 4 rings (SSSR count). The number of carbonyl (C=O) groups excluding carboxylic acids is 1. The highest BCUT2D eigenvalue weighted by Crippen LogP contribution is 2.20. The van der Waals surface area contributed by atoms with Crippen molar-refractivity contribution in [3.63, 3.8) is 0 Å². The molecule has 4 aromatic rings. The van der Waals surface area contributed by atoms with Crippen LogP contribution in [0.15, 0.2) is 54.9 Å². The molecule has 0 bridgehead atoms. The molecule has 0 atom stereocenters. The van der Waals surface area contributed by atoms with E-state index in [2.05, 4.69) is 25.5 Å². The maximum atomic E-state index is 12.6. The Labute approximate surface area is 178 Å². The molecular weight excluding hydrogens is 400 g/mol. The molecule has 0 saturated carbocycles. The Morgan fingerprint density at radius 2 is 2.00 bits per heavy atom. The summed E-state index contributed by atoms with van der Waals surface area (Å²) in [5, 5.41) is 12.6. The number of hydrogen-bond acceptors (Lipinski definition) is 6. The Balaban J connectivity index is 1.47. The number of aryl methyl sites for hydroxylation is 1. The van der Waals surface area contributed by atoms with Crippen LogP contribution < -0.4 is 11.1 Å². The van der Waals surface area contributed by atoms with E-state index in [0.717, 1.165) is 27.7 Å². The first-order valence-corrected chi connectivity index (χ1v) is 9.72. The zero-order valence-corrected chi connectivity index (χ0v) is 17.0. The minimum atomic E-state index is -0.231. The zero-order chi connectivity index (χ0) is 21.1. The third-order valence-electron chi connectivity index (χ3n) is 4.71. The smallest absolute Gasteiger partial charge is 0.253 e. The van der Waals surface area contributed by atoms with Gasteiger partial charge in [0.2, 0.25) is 0 Å². The predicted molar refractivity (Wildman–Crippen MR) is 116 cm³/mol. The second-order valence-electron chi connectivity index (χ2n) is 6.96. The van der Waals surface area contributed by atoms with E-state index in [1.807, 2.05) is 37.3 Å². The van der Waals surface area contributed by atoms with Gasteiger partial charge in [0, 0.05) is 35.3 Å². The Kier molecular flexibility index (Phi) is 5.54. The van der Waals surface area contributed by atoms with E-state index in [1.165, 1.54) is 6.20 Å².